The summed E-state index contributed by atoms with van der Waals surface area (Å²) >= 11 is 0. The van der Waals surface area contributed by atoms with Gasteiger partial charge in [-0.05, 0) is 47.9 Å². The molecule has 0 aromatic carbocycles. The van der Waals surface area contributed by atoms with Crippen LogP contribution in [-0.2, 0) is 10.0 Å². The Kier molecular flexibility index (Phi) is 4.53. The molecule has 3 aliphatic rings. The Hall–Kier alpha value is -2.07. The van der Waals surface area contributed by atoms with Crippen LogP contribution >= 0.6 is 0 Å². The van der Waals surface area contributed by atoms with Crippen LogP contribution in [0.1, 0.15) is 31.2 Å². The maximum atomic E-state index is 11.5. The average Bonchev–Trinajstić information content (AvgIpc) is 2.77. The molecule has 0 bridgehead atoms. The smallest absolute Gasteiger partial charge is 0.229 e. The van der Waals surface area contributed by atoms with Crippen LogP contribution in [0.15, 0.2) is 60.3 Å². The van der Waals surface area contributed by atoms with Gasteiger partial charge in [-0.25, -0.2) is 8.42 Å². The minimum absolute atomic E-state index is 0.983. The van der Waals surface area contributed by atoms with Gasteiger partial charge in [0.05, 0.1) is 6.26 Å². The molecule has 0 saturated heterocycles. The quantitative estimate of drug-likeness (QED) is 0.915. The number of hydrogen-bond donors (Lipinski definition) is 1. The van der Waals surface area contributed by atoms with Crippen LogP contribution in [0.25, 0.3) is 16.7 Å². The summed E-state index contributed by atoms with van der Waals surface area (Å²) in [6.45, 7) is 0. The zero-order valence-corrected chi connectivity index (χ0v) is 14.1. The molecule has 0 heterocycles. The molecule has 3 rings (SSSR count). The second kappa shape index (κ2) is 6.59. The first-order chi connectivity index (χ1) is 11.0. The van der Waals surface area contributed by atoms with Crippen molar-refractivity contribution >= 4 is 15.6 Å². The van der Waals surface area contributed by atoms with E-state index in [2.05, 4.69) is 35.1 Å². The molecule has 3 aliphatic carbocycles. The van der Waals surface area contributed by atoms with Gasteiger partial charge >= 0.3 is 0 Å². The molecule has 0 atom stereocenters. The number of sulfonamides is 1. The Morgan fingerprint density at radius 3 is 2.65 bits per heavy atom. The maximum Gasteiger partial charge on any atom is 0.229 e. The van der Waals surface area contributed by atoms with Gasteiger partial charge < -0.3 is 0 Å². The van der Waals surface area contributed by atoms with Gasteiger partial charge in [-0.1, -0.05) is 48.5 Å². The van der Waals surface area contributed by atoms with Crippen molar-refractivity contribution in [3.63, 3.8) is 0 Å². The highest BCUT2D eigenvalue weighted by molar-refractivity contribution is 7.88. The van der Waals surface area contributed by atoms with Crippen LogP contribution in [0.5, 0.6) is 0 Å². The Balaban J connectivity index is 2.09. The van der Waals surface area contributed by atoms with E-state index in [-0.39, 0.29) is 0 Å². The van der Waals surface area contributed by atoms with Gasteiger partial charge in [-0.15, -0.1) is 0 Å². The van der Waals surface area contributed by atoms with Crippen molar-refractivity contribution in [1.82, 2.24) is 4.72 Å². The summed E-state index contributed by atoms with van der Waals surface area (Å²) in [6, 6.07) is 14.4. The van der Waals surface area contributed by atoms with E-state index in [4.69, 9.17) is 0 Å². The molecular weight excluding hydrogens is 306 g/mol. The lowest BCUT2D eigenvalue weighted by molar-refractivity contribution is 0.596. The second-order valence-electron chi connectivity index (χ2n) is 5.95. The summed E-state index contributed by atoms with van der Waals surface area (Å²) in [5.74, 6) is 0. The first-order valence-electron chi connectivity index (χ1n) is 7.89. The first kappa shape index (κ1) is 15.8. The third-order valence-corrected chi connectivity index (χ3v) is 4.68. The normalized spacial score (nSPS) is 16.2. The molecule has 4 heteroatoms. The third kappa shape index (κ3) is 3.82. The van der Waals surface area contributed by atoms with E-state index >= 15 is 0 Å². The van der Waals surface area contributed by atoms with Crippen molar-refractivity contribution in [3.8, 4) is 11.1 Å². The van der Waals surface area contributed by atoms with E-state index in [0.29, 0.717) is 0 Å². The molecule has 0 saturated carbocycles. The molecule has 0 aliphatic heterocycles. The van der Waals surface area contributed by atoms with E-state index in [1.165, 1.54) is 18.2 Å². The lowest BCUT2D eigenvalue weighted by Crippen LogP contribution is -2.16. The minimum Gasteiger partial charge on any atom is -0.290 e. The van der Waals surface area contributed by atoms with Gasteiger partial charge in [-0.3, -0.25) is 4.72 Å². The van der Waals surface area contributed by atoms with Gasteiger partial charge in [0.15, 0.2) is 0 Å². The van der Waals surface area contributed by atoms with Gasteiger partial charge in [0.25, 0.3) is 0 Å². The van der Waals surface area contributed by atoms with Gasteiger partial charge in [-0.2, -0.15) is 0 Å². The lowest BCUT2D eigenvalue weighted by atomic mass is 9.89. The highest BCUT2D eigenvalue weighted by Gasteiger charge is 2.17. The molecule has 0 radical (unpaired) electrons. The van der Waals surface area contributed by atoms with E-state index < -0.39 is 10.0 Å². The van der Waals surface area contributed by atoms with Crippen LogP contribution in [0.4, 0.5) is 0 Å². The monoisotopic (exact) mass is 327 g/mol. The van der Waals surface area contributed by atoms with Crippen LogP contribution < -0.4 is 4.72 Å². The molecular formula is C19H21NO2S. The summed E-state index contributed by atoms with van der Waals surface area (Å²) in [6.07, 6.45) is 9.46. The summed E-state index contributed by atoms with van der Waals surface area (Å²) in [5, 5.41) is 0. The standard InChI is InChI=1S/C19H21NO2S/c1-23(21,22)20-14-19(15-8-4-2-5-9-15)18-13-12-16-10-6-3-7-11-17(16)18/h3,6-8,10-14,20H,2,4-5,9H2,1H3. The van der Waals surface area contributed by atoms with Crippen molar-refractivity contribution in [3.05, 3.63) is 65.9 Å². The van der Waals surface area contributed by atoms with Crippen molar-refractivity contribution in [1.29, 1.82) is 0 Å². The van der Waals surface area contributed by atoms with Gasteiger partial charge in [0.1, 0.15) is 0 Å². The highest BCUT2D eigenvalue weighted by atomic mass is 32.2. The average molecular weight is 327 g/mol. The number of hydrogen-bond acceptors (Lipinski definition) is 2. The van der Waals surface area contributed by atoms with Crippen molar-refractivity contribution in [2.24, 2.45) is 0 Å². The Labute approximate surface area is 138 Å². The fourth-order valence-electron chi connectivity index (χ4n) is 3.04. The van der Waals surface area contributed by atoms with Gasteiger partial charge in [0.2, 0.25) is 10.0 Å². The molecule has 1 N–H and O–H groups in total. The Bertz CT molecular complexity index is 834. The molecule has 23 heavy (non-hydrogen) atoms. The Morgan fingerprint density at radius 1 is 1.09 bits per heavy atom. The van der Waals surface area contributed by atoms with E-state index in [1.807, 2.05) is 18.2 Å². The Morgan fingerprint density at radius 2 is 1.91 bits per heavy atom. The highest BCUT2D eigenvalue weighted by Crippen LogP contribution is 2.38. The topological polar surface area (TPSA) is 46.2 Å². The molecule has 0 unspecified atom stereocenters. The predicted octanol–water partition coefficient (Wildman–Crippen LogP) is 4.18. The third-order valence-electron chi connectivity index (χ3n) is 4.14. The molecule has 0 fully saturated rings. The lowest BCUT2D eigenvalue weighted by Gasteiger charge is -2.17. The van der Waals surface area contributed by atoms with E-state index in [9.17, 15) is 8.42 Å². The number of rotatable bonds is 4. The van der Waals surface area contributed by atoms with Crippen LogP contribution in [0.3, 0.4) is 0 Å². The number of nitrogens with one attached hydrogen (secondary N) is 1. The van der Waals surface area contributed by atoms with E-state index in [1.54, 1.807) is 6.20 Å². The van der Waals surface area contributed by atoms with E-state index in [0.717, 1.165) is 41.5 Å². The fraction of sp³-hybridized carbons (Fsp3) is 0.263. The van der Waals surface area contributed by atoms with Crippen molar-refractivity contribution < 1.29 is 8.42 Å². The first-order valence-corrected chi connectivity index (χ1v) is 9.79. The zero-order valence-electron chi connectivity index (χ0n) is 13.2. The second-order valence-corrected chi connectivity index (χ2v) is 7.73. The summed E-state index contributed by atoms with van der Waals surface area (Å²) in [7, 11) is -3.27. The molecule has 0 aromatic rings. The molecule has 120 valence electrons. The van der Waals surface area contributed by atoms with Crippen LogP contribution in [0.2, 0.25) is 0 Å². The summed E-state index contributed by atoms with van der Waals surface area (Å²) in [4.78, 5) is 0. The number of fused-ring (bicyclic) bond motifs is 1. The zero-order chi connectivity index (χ0) is 16.3. The molecule has 0 amide bonds. The molecule has 3 nitrogen and oxygen atoms in total. The summed E-state index contributed by atoms with van der Waals surface area (Å²) in [5.41, 5.74) is 5.60. The SMILES string of the molecule is CS(=O)(=O)NC=C(C1=CCCCC1)c1ccc2cccccc1-2. The van der Waals surface area contributed by atoms with Crippen molar-refractivity contribution in [2.45, 2.75) is 25.7 Å². The van der Waals surface area contributed by atoms with Gasteiger partial charge in [0, 0.05) is 11.8 Å². The van der Waals surface area contributed by atoms with Crippen LogP contribution in [-0.4, -0.2) is 14.7 Å². The minimum atomic E-state index is -3.27. The largest absolute Gasteiger partial charge is 0.290 e. The van der Waals surface area contributed by atoms with Crippen molar-refractivity contribution in [2.75, 3.05) is 6.26 Å². The predicted molar refractivity (Wildman–Crippen MR) is 95.6 cm³/mol. The number of allylic oxidation sites excluding steroid dienone is 3. The summed E-state index contributed by atoms with van der Waals surface area (Å²) < 4.78 is 25.6. The fourth-order valence-corrected chi connectivity index (χ4v) is 3.37. The molecule has 0 spiro atoms. The maximum absolute atomic E-state index is 11.5. The molecule has 0 aromatic heterocycles. The van der Waals surface area contributed by atoms with Crippen LogP contribution in [0, 0.1) is 0 Å².